The minimum Gasteiger partial charge on any atom is -0.330 e. The summed E-state index contributed by atoms with van der Waals surface area (Å²) >= 11 is 3.55. The fraction of sp³-hybridized carbons (Fsp3) is 0.538. The first kappa shape index (κ1) is 11.2. The van der Waals surface area contributed by atoms with Crippen molar-refractivity contribution in [2.75, 3.05) is 6.54 Å². The molecule has 1 fully saturated rings. The lowest BCUT2D eigenvalue weighted by Crippen LogP contribution is -2.25. The van der Waals surface area contributed by atoms with Crippen LogP contribution in [0.2, 0.25) is 0 Å². The quantitative estimate of drug-likeness (QED) is 0.890. The van der Waals surface area contributed by atoms with Crippen molar-refractivity contribution >= 4 is 15.9 Å². The van der Waals surface area contributed by atoms with Crippen molar-refractivity contribution in [1.29, 1.82) is 0 Å². The van der Waals surface area contributed by atoms with Crippen LogP contribution in [0.3, 0.4) is 0 Å². The van der Waals surface area contributed by atoms with Gasteiger partial charge >= 0.3 is 0 Å². The fourth-order valence-electron chi connectivity index (χ4n) is 2.83. The molecule has 15 heavy (non-hydrogen) atoms. The Morgan fingerprint density at radius 2 is 2.00 bits per heavy atom. The molecule has 2 rings (SSSR count). The van der Waals surface area contributed by atoms with Crippen molar-refractivity contribution in [3.05, 3.63) is 34.3 Å². The molecular weight excluding hydrogens is 250 g/mol. The molecule has 0 atom stereocenters. The van der Waals surface area contributed by atoms with E-state index >= 15 is 0 Å². The molecule has 0 unspecified atom stereocenters. The lowest BCUT2D eigenvalue weighted by atomic mass is 9.76. The summed E-state index contributed by atoms with van der Waals surface area (Å²) in [4.78, 5) is 0. The summed E-state index contributed by atoms with van der Waals surface area (Å²) in [6, 6.07) is 8.75. The highest BCUT2D eigenvalue weighted by molar-refractivity contribution is 9.10. The zero-order chi connectivity index (χ0) is 10.7. The van der Waals surface area contributed by atoms with Gasteiger partial charge in [0.15, 0.2) is 0 Å². The lowest BCUT2D eigenvalue weighted by Gasteiger charge is -2.29. The van der Waals surface area contributed by atoms with Crippen LogP contribution in [0.25, 0.3) is 0 Å². The summed E-state index contributed by atoms with van der Waals surface area (Å²) < 4.78 is 1.18. The molecule has 1 aromatic rings. The number of hydrogen-bond acceptors (Lipinski definition) is 1. The molecule has 0 saturated heterocycles. The van der Waals surface area contributed by atoms with Gasteiger partial charge in [-0.05, 0) is 48.9 Å². The first-order chi connectivity index (χ1) is 7.27. The van der Waals surface area contributed by atoms with Crippen LogP contribution in [0.15, 0.2) is 28.7 Å². The molecule has 0 aromatic heterocycles. The molecule has 1 saturated carbocycles. The van der Waals surface area contributed by atoms with Gasteiger partial charge in [-0.25, -0.2) is 0 Å². The average molecular weight is 268 g/mol. The second-order valence-corrected chi connectivity index (χ2v) is 5.45. The highest BCUT2D eigenvalue weighted by atomic mass is 79.9. The summed E-state index contributed by atoms with van der Waals surface area (Å²) in [5.41, 5.74) is 7.60. The van der Waals surface area contributed by atoms with Crippen molar-refractivity contribution in [3.63, 3.8) is 0 Å². The molecule has 0 radical (unpaired) electrons. The van der Waals surface area contributed by atoms with Crippen molar-refractivity contribution < 1.29 is 0 Å². The second-order valence-electron chi connectivity index (χ2n) is 4.54. The van der Waals surface area contributed by atoms with Gasteiger partial charge < -0.3 is 5.73 Å². The van der Waals surface area contributed by atoms with Crippen LogP contribution in [0, 0.1) is 0 Å². The van der Waals surface area contributed by atoms with Crippen LogP contribution in [0.5, 0.6) is 0 Å². The Kier molecular flexibility index (Phi) is 3.47. The zero-order valence-corrected chi connectivity index (χ0v) is 10.6. The van der Waals surface area contributed by atoms with Crippen LogP contribution in [0.1, 0.15) is 37.7 Å². The molecule has 0 heterocycles. The molecule has 1 aliphatic carbocycles. The van der Waals surface area contributed by atoms with Gasteiger partial charge in [-0.15, -0.1) is 0 Å². The van der Waals surface area contributed by atoms with Crippen LogP contribution in [0.4, 0.5) is 0 Å². The van der Waals surface area contributed by atoms with Gasteiger partial charge in [-0.3, -0.25) is 0 Å². The maximum absolute atomic E-state index is 5.76. The number of hydrogen-bond donors (Lipinski definition) is 1. The summed E-state index contributed by atoms with van der Waals surface area (Å²) in [7, 11) is 0. The van der Waals surface area contributed by atoms with Crippen molar-refractivity contribution in [3.8, 4) is 0 Å². The molecule has 0 aliphatic heterocycles. The predicted molar refractivity (Wildman–Crippen MR) is 68.0 cm³/mol. The van der Waals surface area contributed by atoms with Crippen molar-refractivity contribution in [1.82, 2.24) is 0 Å². The molecule has 1 aliphatic rings. The zero-order valence-electron chi connectivity index (χ0n) is 9.01. The van der Waals surface area contributed by atoms with E-state index in [1.165, 1.54) is 35.7 Å². The molecule has 82 valence electrons. The Bertz CT molecular complexity index is 329. The molecule has 0 amide bonds. The van der Waals surface area contributed by atoms with Gasteiger partial charge in [-0.1, -0.05) is 40.9 Å². The molecule has 2 N–H and O–H groups in total. The van der Waals surface area contributed by atoms with E-state index in [4.69, 9.17) is 5.73 Å². The topological polar surface area (TPSA) is 26.0 Å². The first-order valence-electron chi connectivity index (χ1n) is 5.73. The van der Waals surface area contributed by atoms with E-state index in [1.807, 2.05) is 0 Å². The Morgan fingerprint density at radius 1 is 1.27 bits per heavy atom. The molecule has 1 aromatic carbocycles. The third kappa shape index (κ3) is 2.26. The highest BCUT2D eigenvalue weighted by Gasteiger charge is 2.34. The highest BCUT2D eigenvalue weighted by Crippen LogP contribution is 2.43. The third-order valence-electron chi connectivity index (χ3n) is 3.62. The molecule has 0 spiro atoms. The third-order valence-corrected chi connectivity index (χ3v) is 4.11. The van der Waals surface area contributed by atoms with Gasteiger partial charge in [0.1, 0.15) is 0 Å². The fourth-order valence-corrected chi connectivity index (χ4v) is 3.23. The van der Waals surface area contributed by atoms with Crippen LogP contribution in [-0.2, 0) is 5.41 Å². The second kappa shape index (κ2) is 4.67. The smallest absolute Gasteiger partial charge is 0.0178 e. The van der Waals surface area contributed by atoms with E-state index in [2.05, 4.69) is 40.2 Å². The van der Waals surface area contributed by atoms with Crippen molar-refractivity contribution in [2.24, 2.45) is 5.73 Å². The Balaban J connectivity index is 2.31. The average Bonchev–Trinajstić information content (AvgIpc) is 2.68. The van der Waals surface area contributed by atoms with E-state index in [9.17, 15) is 0 Å². The molecule has 2 heteroatoms. The standard InChI is InChI=1S/C13H18BrN/c14-12-5-3-4-11(10-12)13(8-9-15)6-1-2-7-13/h3-5,10H,1-2,6-9,15H2. The van der Waals surface area contributed by atoms with Crippen LogP contribution >= 0.6 is 15.9 Å². The number of halogens is 1. The van der Waals surface area contributed by atoms with E-state index in [0.29, 0.717) is 5.41 Å². The summed E-state index contributed by atoms with van der Waals surface area (Å²) in [6.07, 6.45) is 6.45. The molecule has 1 nitrogen and oxygen atoms in total. The van der Waals surface area contributed by atoms with Gasteiger partial charge in [0.05, 0.1) is 0 Å². The Labute approximate surface area is 100 Å². The van der Waals surface area contributed by atoms with E-state index < -0.39 is 0 Å². The van der Waals surface area contributed by atoms with Gasteiger partial charge in [-0.2, -0.15) is 0 Å². The predicted octanol–water partition coefficient (Wildman–Crippen LogP) is 3.61. The van der Waals surface area contributed by atoms with E-state index in [-0.39, 0.29) is 0 Å². The number of benzene rings is 1. The van der Waals surface area contributed by atoms with Gasteiger partial charge in [0.25, 0.3) is 0 Å². The van der Waals surface area contributed by atoms with E-state index in [1.54, 1.807) is 0 Å². The minimum atomic E-state index is 0.374. The number of rotatable bonds is 3. The van der Waals surface area contributed by atoms with Crippen molar-refractivity contribution in [2.45, 2.75) is 37.5 Å². The SMILES string of the molecule is NCCC1(c2cccc(Br)c2)CCCC1. The molecular formula is C13H18BrN. The number of nitrogens with two attached hydrogens (primary N) is 1. The van der Waals surface area contributed by atoms with Crippen LogP contribution < -0.4 is 5.73 Å². The van der Waals surface area contributed by atoms with Gasteiger partial charge in [0, 0.05) is 4.47 Å². The lowest BCUT2D eigenvalue weighted by molar-refractivity contribution is 0.412. The maximum Gasteiger partial charge on any atom is 0.0178 e. The monoisotopic (exact) mass is 267 g/mol. The first-order valence-corrected chi connectivity index (χ1v) is 6.52. The summed E-state index contributed by atoms with van der Waals surface area (Å²) in [6.45, 7) is 0.798. The summed E-state index contributed by atoms with van der Waals surface area (Å²) in [5.74, 6) is 0. The Hall–Kier alpha value is -0.340. The maximum atomic E-state index is 5.76. The van der Waals surface area contributed by atoms with Gasteiger partial charge in [0.2, 0.25) is 0 Å². The minimum absolute atomic E-state index is 0.374. The van der Waals surface area contributed by atoms with E-state index in [0.717, 1.165) is 13.0 Å². The Morgan fingerprint density at radius 3 is 2.60 bits per heavy atom. The normalized spacial score (nSPS) is 19.3. The van der Waals surface area contributed by atoms with Crippen LogP contribution in [-0.4, -0.2) is 6.54 Å². The summed E-state index contributed by atoms with van der Waals surface area (Å²) in [5, 5.41) is 0. The largest absolute Gasteiger partial charge is 0.330 e. The molecule has 0 bridgehead atoms.